The number of halogens is 1. The van der Waals surface area contributed by atoms with Gasteiger partial charge in [0, 0.05) is 33.4 Å². The number of methoxy groups -OCH3 is 1. The predicted octanol–water partition coefficient (Wildman–Crippen LogP) is 1.51. The van der Waals surface area contributed by atoms with Crippen LogP contribution in [0.15, 0.2) is 0 Å². The van der Waals surface area contributed by atoms with Crippen molar-refractivity contribution >= 4 is 11.8 Å². The van der Waals surface area contributed by atoms with E-state index in [9.17, 15) is 14.0 Å². The van der Waals surface area contributed by atoms with E-state index < -0.39 is 11.2 Å². The number of alkyl halides is 1. The Labute approximate surface area is 130 Å². The number of ether oxygens (including phenoxy) is 1. The summed E-state index contributed by atoms with van der Waals surface area (Å²) in [5, 5.41) is 0. The lowest BCUT2D eigenvalue weighted by molar-refractivity contribution is -0.147. The molecule has 0 aromatic heterocycles. The van der Waals surface area contributed by atoms with E-state index in [4.69, 9.17) is 4.74 Å². The van der Waals surface area contributed by atoms with Crippen molar-refractivity contribution < 1.29 is 18.7 Å². The molecule has 2 amide bonds. The van der Waals surface area contributed by atoms with Gasteiger partial charge >= 0.3 is 0 Å². The van der Waals surface area contributed by atoms with Crippen molar-refractivity contribution in [1.82, 2.24) is 9.80 Å². The Balaban J connectivity index is 1.72. The lowest BCUT2D eigenvalue weighted by Gasteiger charge is -2.45. The minimum absolute atomic E-state index is 0.0829. The summed E-state index contributed by atoms with van der Waals surface area (Å²) in [4.78, 5) is 28.4. The maximum Gasteiger partial charge on any atom is 0.260 e. The first kappa shape index (κ1) is 15.7. The van der Waals surface area contributed by atoms with Crippen LogP contribution in [-0.2, 0) is 14.3 Å². The minimum Gasteiger partial charge on any atom is -0.385 e. The number of likely N-dealkylation sites (tertiary alicyclic amines) is 2. The summed E-state index contributed by atoms with van der Waals surface area (Å²) >= 11 is 0. The van der Waals surface area contributed by atoms with E-state index >= 15 is 0 Å². The van der Waals surface area contributed by atoms with Gasteiger partial charge in [-0.1, -0.05) is 0 Å². The molecule has 124 valence electrons. The highest BCUT2D eigenvalue weighted by molar-refractivity contribution is 5.90. The molecular formula is C16H25FN2O3. The van der Waals surface area contributed by atoms with Crippen LogP contribution in [-0.4, -0.2) is 66.2 Å². The van der Waals surface area contributed by atoms with Gasteiger partial charge in [-0.15, -0.1) is 0 Å². The molecular weight excluding hydrogens is 287 g/mol. The molecule has 0 bridgehead atoms. The number of hydrogen-bond acceptors (Lipinski definition) is 3. The molecule has 2 saturated heterocycles. The SMILES string of the molecule is COCCCN1CC2(CCCCN2C(=O)C2(F)CC2)CC1=O. The maximum atomic E-state index is 14.3. The van der Waals surface area contributed by atoms with Crippen molar-refractivity contribution in [2.75, 3.05) is 33.4 Å². The molecule has 1 aliphatic carbocycles. The zero-order valence-electron chi connectivity index (χ0n) is 13.3. The number of carbonyl (C=O) groups is 2. The van der Waals surface area contributed by atoms with E-state index in [1.165, 1.54) is 0 Å². The zero-order valence-corrected chi connectivity index (χ0v) is 13.3. The molecule has 3 fully saturated rings. The van der Waals surface area contributed by atoms with Gasteiger partial charge in [0.1, 0.15) is 0 Å². The van der Waals surface area contributed by atoms with Gasteiger partial charge in [-0.3, -0.25) is 9.59 Å². The molecule has 3 aliphatic rings. The average Bonchev–Trinajstić information content (AvgIpc) is 3.18. The van der Waals surface area contributed by atoms with Crippen LogP contribution in [0, 0.1) is 0 Å². The number of amides is 2. The molecule has 2 aliphatic heterocycles. The first-order valence-corrected chi connectivity index (χ1v) is 8.28. The summed E-state index contributed by atoms with van der Waals surface area (Å²) in [6, 6.07) is 0. The third-order valence-electron chi connectivity index (χ3n) is 5.26. The standard InChI is InChI=1S/C16H25FN2O3/c1-22-10-4-8-18-12-15(11-13(18)20)5-2-3-9-19(15)14(21)16(17)6-7-16/h2-12H2,1H3. The van der Waals surface area contributed by atoms with Gasteiger partial charge < -0.3 is 14.5 Å². The van der Waals surface area contributed by atoms with Crippen molar-refractivity contribution in [3.63, 3.8) is 0 Å². The Morgan fingerprint density at radius 2 is 2.09 bits per heavy atom. The minimum atomic E-state index is -1.64. The van der Waals surface area contributed by atoms with Gasteiger partial charge in [-0.25, -0.2) is 4.39 Å². The molecule has 1 saturated carbocycles. The number of nitrogens with zero attached hydrogens (tertiary/aromatic N) is 2. The van der Waals surface area contributed by atoms with E-state index in [2.05, 4.69) is 0 Å². The summed E-state index contributed by atoms with van der Waals surface area (Å²) in [5.41, 5.74) is -2.11. The number of hydrogen-bond donors (Lipinski definition) is 0. The highest BCUT2D eigenvalue weighted by Crippen LogP contribution is 2.46. The van der Waals surface area contributed by atoms with Crippen molar-refractivity contribution in [3.05, 3.63) is 0 Å². The van der Waals surface area contributed by atoms with E-state index in [1.54, 1.807) is 12.0 Å². The Kier molecular flexibility index (Phi) is 4.14. The molecule has 1 unspecified atom stereocenters. The Hall–Kier alpha value is -1.17. The van der Waals surface area contributed by atoms with E-state index in [-0.39, 0.29) is 11.8 Å². The van der Waals surface area contributed by atoms with Crippen molar-refractivity contribution in [2.24, 2.45) is 0 Å². The fourth-order valence-electron chi connectivity index (χ4n) is 3.82. The first-order valence-electron chi connectivity index (χ1n) is 8.28. The second-order valence-corrected chi connectivity index (χ2v) is 6.94. The zero-order chi connectivity index (χ0) is 15.8. The van der Waals surface area contributed by atoms with E-state index in [0.29, 0.717) is 45.5 Å². The summed E-state index contributed by atoms with van der Waals surface area (Å²) in [5.74, 6) is -0.293. The van der Waals surface area contributed by atoms with E-state index in [0.717, 1.165) is 25.7 Å². The fourth-order valence-corrected chi connectivity index (χ4v) is 3.82. The molecule has 5 nitrogen and oxygen atoms in total. The Morgan fingerprint density at radius 1 is 1.32 bits per heavy atom. The largest absolute Gasteiger partial charge is 0.385 e. The predicted molar refractivity (Wildman–Crippen MR) is 79.1 cm³/mol. The third-order valence-corrected chi connectivity index (χ3v) is 5.26. The molecule has 22 heavy (non-hydrogen) atoms. The van der Waals surface area contributed by atoms with Crippen LogP contribution >= 0.6 is 0 Å². The van der Waals surface area contributed by atoms with Crippen LogP contribution in [0.3, 0.4) is 0 Å². The molecule has 1 atom stereocenters. The van der Waals surface area contributed by atoms with Gasteiger partial charge in [0.15, 0.2) is 5.67 Å². The number of rotatable bonds is 5. The Bertz CT molecular complexity index is 466. The molecule has 0 radical (unpaired) electrons. The smallest absolute Gasteiger partial charge is 0.260 e. The Morgan fingerprint density at radius 3 is 2.77 bits per heavy atom. The monoisotopic (exact) mass is 312 g/mol. The third kappa shape index (κ3) is 2.73. The molecule has 0 aromatic rings. The molecule has 3 rings (SSSR count). The van der Waals surface area contributed by atoms with Crippen molar-refractivity contribution in [3.8, 4) is 0 Å². The van der Waals surface area contributed by atoms with Crippen LogP contribution in [0.4, 0.5) is 4.39 Å². The maximum absolute atomic E-state index is 14.3. The second-order valence-electron chi connectivity index (χ2n) is 6.94. The topological polar surface area (TPSA) is 49.9 Å². The summed E-state index contributed by atoms with van der Waals surface area (Å²) in [6.07, 6.45) is 4.53. The lowest BCUT2D eigenvalue weighted by atomic mass is 9.85. The van der Waals surface area contributed by atoms with Crippen LogP contribution in [0.25, 0.3) is 0 Å². The summed E-state index contributed by atoms with van der Waals surface area (Å²) in [6.45, 7) is 2.41. The van der Waals surface area contributed by atoms with Gasteiger partial charge in [0.2, 0.25) is 5.91 Å². The van der Waals surface area contributed by atoms with E-state index in [1.807, 2.05) is 4.90 Å². The lowest BCUT2D eigenvalue weighted by Crippen LogP contribution is -2.58. The fraction of sp³-hybridized carbons (Fsp3) is 0.875. The highest BCUT2D eigenvalue weighted by Gasteiger charge is 2.58. The quantitative estimate of drug-likeness (QED) is 0.723. The van der Waals surface area contributed by atoms with Gasteiger partial charge in [-0.2, -0.15) is 0 Å². The normalized spacial score (nSPS) is 30.2. The van der Waals surface area contributed by atoms with Crippen LogP contribution in [0.1, 0.15) is 44.9 Å². The average molecular weight is 312 g/mol. The van der Waals surface area contributed by atoms with Crippen molar-refractivity contribution in [1.29, 1.82) is 0 Å². The number of carbonyl (C=O) groups excluding carboxylic acids is 2. The van der Waals surface area contributed by atoms with Crippen LogP contribution in [0.2, 0.25) is 0 Å². The first-order chi connectivity index (χ1) is 10.5. The van der Waals surface area contributed by atoms with Crippen LogP contribution < -0.4 is 0 Å². The molecule has 0 aromatic carbocycles. The molecule has 6 heteroatoms. The molecule has 1 spiro atoms. The van der Waals surface area contributed by atoms with Crippen molar-refractivity contribution in [2.45, 2.75) is 56.2 Å². The summed E-state index contributed by atoms with van der Waals surface area (Å²) in [7, 11) is 1.64. The number of piperidine rings is 1. The molecule has 0 N–H and O–H groups in total. The van der Waals surface area contributed by atoms with Gasteiger partial charge in [-0.05, 0) is 38.5 Å². The van der Waals surface area contributed by atoms with Gasteiger partial charge in [0.05, 0.1) is 12.0 Å². The molecule has 2 heterocycles. The summed E-state index contributed by atoms with van der Waals surface area (Å²) < 4.78 is 19.3. The van der Waals surface area contributed by atoms with Crippen LogP contribution in [0.5, 0.6) is 0 Å². The van der Waals surface area contributed by atoms with Gasteiger partial charge in [0.25, 0.3) is 5.91 Å². The highest BCUT2D eigenvalue weighted by atomic mass is 19.1. The second kappa shape index (κ2) is 5.80.